The molecule has 1 rings (SSSR count). The summed E-state index contributed by atoms with van der Waals surface area (Å²) in [5, 5.41) is 0. The molecule has 1 aromatic carbocycles. The monoisotopic (exact) mass is 206 g/mol. The molecular weight excluding hydrogens is 193 g/mol. The highest BCUT2D eigenvalue weighted by molar-refractivity contribution is 5.13. The minimum absolute atomic E-state index is 0.188. The molecule has 0 N–H and O–H groups in total. The maximum Gasteiger partial charge on any atom is 0.386 e. The molecule has 0 radical (unpaired) electrons. The van der Waals surface area contributed by atoms with Crippen LogP contribution in [0.1, 0.15) is 12.5 Å². The van der Waals surface area contributed by atoms with Crippen molar-refractivity contribution in [1.29, 1.82) is 0 Å². The van der Waals surface area contributed by atoms with Crippen molar-refractivity contribution in [3.05, 3.63) is 35.9 Å². The summed E-state index contributed by atoms with van der Waals surface area (Å²) in [6.45, 7) is 0.897. The fraction of sp³-hybridized carbons (Fsp3) is 0.400. The van der Waals surface area contributed by atoms with Crippen molar-refractivity contribution < 1.29 is 17.9 Å². The molecule has 0 aromatic heterocycles. The zero-order valence-electron chi connectivity index (χ0n) is 8.14. The Hall–Kier alpha value is -1.03. The van der Waals surface area contributed by atoms with Crippen LogP contribution in [0.25, 0.3) is 0 Å². The van der Waals surface area contributed by atoms with Crippen LogP contribution in [0.5, 0.6) is 0 Å². The molecule has 0 unspecified atom stereocenters. The lowest BCUT2D eigenvalue weighted by Gasteiger charge is -1.95. The molecule has 0 spiro atoms. The molecule has 0 atom stereocenters. The predicted molar refractivity (Wildman–Crippen MR) is 48.9 cm³/mol. The lowest BCUT2D eigenvalue weighted by molar-refractivity contribution is -0.110. The van der Waals surface area contributed by atoms with Gasteiger partial charge in [0.2, 0.25) is 0 Å². The fourth-order valence-electron chi connectivity index (χ4n) is 0.741. The molecule has 0 bridgehead atoms. The van der Waals surface area contributed by atoms with Crippen LogP contribution < -0.4 is 0 Å². The Bertz CT molecular complexity index is 225. The molecule has 0 saturated carbocycles. The first-order valence-electron chi connectivity index (χ1n) is 4.03. The molecule has 1 aromatic rings. The summed E-state index contributed by atoms with van der Waals surface area (Å²) in [6, 6.07) is 10.1. The molecule has 0 aliphatic rings. The van der Waals surface area contributed by atoms with E-state index in [1.54, 1.807) is 7.11 Å². The Kier molecular flexibility index (Phi) is 5.95. The Balaban J connectivity index is 0.000000292. The Morgan fingerprint density at radius 1 is 1.14 bits per heavy atom. The lowest BCUT2D eigenvalue weighted by Crippen LogP contribution is -1.95. The van der Waals surface area contributed by atoms with E-state index in [4.69, 9.17) is 4.74 Å². The van der Waals surface area contributed by atoms with Crippen LogP contribution in [-0.4, -0.2) is 13.3 Å². The molecule has 4 heteroatoms. The van der Waals surface area contributed by atoms with Gasteiger partial charge in [0, 0.05) is 14.0 Å². The van der Waals surface area contributed by atoms with Gasteiger partial charge < -0.3 is 4.74 Å². The molecule has 0 aliphatic carbocycles. The van der Waals surface area contributed by atoms with Crippen LogP contribution in [0.15, 0.2) is 30.3 Å². The average molecular weight is 206 g/mol. The normalized spacial score (nSPS) is 10.4. The number of alkyl halides is 3. The second-order valence-electron chi connectivity index (χ2n) is 2.70. The van der Waals surface area contributed by atoms with E-state index in [9.17, 15) is 13.2 Å². The molecule has 0 heterocycles. The highest BCUT2D eigenvalue weighted by Gasteiger charge is 2.15. The highest BCUT2D eigenvalue weighted by atomic mass is 19.4. The molecule has 0 aliphatic heterocycles. The van der Waals surface area contributed by atoms with Crippen LogP contribution in [0.3, 0.4) is 0 Å². The van der Waals surface area contributed by atoms with E-state index in [0.29, 0.717) is 6.61 Å². The van der Waals surface area contributed by atoms with Gasteiger partial charge in [0.25, 0.3) is 0 Å². The maximum absolute atomic E-state index is 10.4. The van der Waals surface area contributed by atoms with E-state index in [1.165, 1.54) is 5.56 Å². The van der Waals surface area contributed by atoms with E-state index in [-0.39, 0.29) is 6.92 Å². The van der Waals surface area contributed by atoms with Crippen LogP contribution >= 0.6 is 0 Å². The van der Waals surface area contributed by atoms with Crippen LogP contribution in [0.4, 0.5) is 13.2 Å². The smallest absolute Gasteiger partial charge is 0.380 e. The number of rotatable bonds is 2. The lowest BCUT2D eigenvalue weighted by atomic mass is 10.2. The van der Waals surface area contributed by atoms with Crippen LogP contribution in [0.2, 0.25) is 0 Å². The second kappa shape index (κ2) is 6.43. The number of benzene rings is 1. The Morgan fingerprint density at radius 3 is 1.93 bits per heavy atom. The van der Waals surface area contributed by atoms with E-state index in [1.807, 2.05) is 30.3 Å². The van der Waals surface area contributed by atoms with Crippen LogP contribution in [-0.2, 0) is 11.3 Å². The minimum Gasteiger partial charge on any atom is -0.380 e. The first-order valence-corrected chi connectivity index (χ1v) is 4.03. The van der Waals surface area contributed by atoms with E-state index < -0.39 is 6.18 Å². The number of hydrogen-bond donors (Lipinski definition) is 0. The molecule has 1 nitrogen and oxygen atoms in total. The van der Waals surface area contributed by atoms with E-state index >= 15 is 0 Å². The van der Waals surface area contributed by atoms with Gasteiger partial charge in [0.15, 0.2) is 0 Å². The molecule has 0 amide bonds. The molecular formula is C10H13F3O. The van der Waals surface area contributed by atoms with Crippen molar-refractivity contribution in [3.63, 3.8) is 0 Å². The van der Waals surface area contributed by atoms with Gasteiger partial charge in [0.1, 0.15) is 0 Å². The van der Waals surface area contributed by atoms with Gasteiger partial charge in [-0.25, -0.2) is 0 Å². The summed E-state index contributed by atoms with van der Waals surface area (Å²) in [5.41, 5.74) is 1.22. The summed E-state index contributed by atoms with van der Waals surface area (Å²) in [4.78, 5) is 0. The molecule has 14 heavy (non-hydrogen) atoms. The summed E-state index contributed by atoms with van der Waals surface area (Å²) in [7, 11) is 1.70. The standard InChI is InChI=1S/C8H10O.C2H3F3/c1-9-7-8-5-3-2-4-6-8;1-2(3,4)5/h2-6H,7H2,1H3;1H3. The number of ether oxygens (including phenoxy) is 1. The fourth-order valence-corrected chi connectivity index (χ4v) is 0.741. The van der Waals surface area contributed by atoms with Gasteiger partial charge in [-0.1, -0.05) is 30.3 Å². The number of halogens is 3. The van der Waals surface area contributed by atoms with Gasteiger partial charge in [-0.15, -0.1) is 0 Å². The van der Waals surface area contributed by atoms with E-state index in [0.717, 1.165) is 0 Å². The van der Waals surface area contributed by atoms with Crippen molar-refractivity contribution in [1.82, 2.24) is 0 Å². The number of methoxy groups -OCH3 is 1. The topological polar surface area (TPSA) is 9.23 Å². The third-order valence-corrected chi connectivity index (χ3v) is 1.15. The predicted octanol–water partition coefficient (Wildman–Crippen LogP) is 3.40. The minimum atomic E-state index is -4.00. The van der Waals surface area contributed by atoms with Gasteiger partial charge in [-0.3, -0.25) is 0 Å². The summed E-state index contributed by atoms with van der Waals surface area (Å²) >= 11 is 0. The maximum atomic E-state index is 10.4. The molecule has 0 saturated heterocycles. The first-order chi connectivity index (χ1) is 6.43. The third-order valence-electron chi connectivity index (χ3n) is 1.15. The molecule has 80 valence electrons. The summed E-state index contributed by atoms with van der Waals surface area (Å²) in [5.74, 6) is 0. The summed E-state index contributed by atoms with van der Waals surface area (Å²) in [6.07, 6.45) is -4.00. The second-order valence-corrected chi connectivity index (χ2v) is 2.70. The SMILES string of the molecule is CC(F)(F)F.COCc1ccccc1. The largest absolute Gasteiger partial charge is 0.386 e. The van der Waals surface area contributed by atoms with Gasteiger partial charge in [-0.2, -0.15) is 13.2 Å². The van der Waals surface area contributed by atoms with Crippen molar-refractivity contribution in [3.8, 4) is 0 Å². The highest BCUT2D eigenvalue weighted by Crippen LogP contribution is 2.10. The Morgan fingerprint density at radius 2 is 1.57 bits per heavy atom. The molecule has 0 fully saturated rings. The van der Waals surface area contributed by atoms with Crippen molar-refractivity contribution >= 4 is 0 Å². The van der Waals surface area contributed by atoms with Gasteiger partial charge in [0.05, 0.1) is 6.61 Å². The van der Waals surface area contributed by atoms with Gasteiger partial charge >= 0.3 is 6.18 Å². The van der Waals surface area contributed by atoms with Crippen molar-refractivity contribution in [2.75, 3.05) is 7.11 Å². The average Bonchev–Trinajstić information content (AvgIpc) is 2.03. The third kappa shape index (κ3) is 11.0. The zero-order valence-corrected chi connectivity index (χ0v) is 8.14. The van der Waals surface area contributed by atoms with E-state index in [2.05, 4.69) is 0 Å². The first kappa shape index (κ1) is 13.0. The van der Waals surface area contributed by atoms with Crippen molar-refractivity contribution in [2.45, 2.75) is 19.7 Å². The quantitative estimate of drug-likeness (QED) is 0.720. The summed E-state index contributed by atoms with van der Waals surface area (Å²) < 4.78 is 36.0. The zero-order chi connectivity index (χ0) is 11.0. The van der Waals surface area contributed by atoms with Crippen molar-refractivity contribution in [2.24, 2.45) is 0 Å². The van der Waals surface area contributed by atoms with Crippen LogP contribution in [0, 0.1) is 0 Å². The Labute approximate surface area is 81.5 Å². The van der Waals surface area contributed by atoms with Gasteiger partial charge in [-0.05, 0) is 5.56 Å². The number of hydrogen-bond acceptors (Lipinski definition) is 1.